The molecular weight excluding hydrogens is 431 g/mol. The van der Waals surface area contributed by atoms with Gasteiger partial charge in [-0.1, -0.05) is 69.2 Å². The minimum absolute atomic E-state index is 0.0524. The molecule has 1 saturated heterocycles. The van der Waals surface area contributed by atoms with Crippen LogP contribution in [0.3, 0.4) is 0 Å². The highest BCUT2D eigenvalue weighted by Gasteiger charge is 2.45. The first kappa shape index (κ1) is 25.6. The number of unbranched alkanes of at least 4 members (excludes halogenated alkanes) is 2. The summed E-state index contributed by atoms with van der Waals surface area (Å²) in [6.07, 6.45) is 5.22. The van der Waals surface area contributed by atoms with E-state index in [9.17, 15) is 19.1 Å². The summed E-state index contributed by atoms with van der Waals surface area (Å²) < 4.78 is 13.6. The molecule has 1 N–H and O–H groups in total. The molecular formula is C28H35FN2O3. The second-order valence-corrected chi connectivity index (χ2v) is 8.81. The molecule has 0 radical (unpaired) electrons. The molecule has 1 aliphatic rings. The molecule has 0 aliphatic carbocycles. The molecule has 1 atom stereocenters. The number of aliphatic hydroxyl groups excluding tert-OH is 1. The van der Waals surface area contributed by atoms with Crippen LogP contribution < -0.4 is 0 Å². The van der Waals surface area contributed by atoms with Crippen LogP contribution in [0.2, 0.25) is 0 Å². The number of likely N-dealkylation sites (tertiary alicyclic amines) is 1. The van der Waals surface area contributed by atoms with Crippen LogP contribution in [-0.4, -0.2) is 52.8 Å². The Morgan fingerprint density at radius 2 is 1.50 bits per heavy atom. The molecule has 1 fully saturated rings. The summed E-state index contributed by atoms with van der Waals surface area (Å²) in [5.74, 6) is -1.93. The van der Waals surface area contributed by atoms with E-state index in [0.717, 1.165) is 45.3 Å². The average molecular weight is 467 g/mol. The number of amides is 1. The monoisotopic (exact) mass is 466 g/mol. The van der Waals surface area contributed by atoms with E-state index in [1.165, 1.54) is 17.0 Å². The summed E-state index contributed by atoms with van der Waals surface area (Å²) in [6, 6.07) is 13.8. The largest absolute Gasteiger partial charge is 0.507 e. The molecule has 0 spiro atoms. The predicted molar refractivity (Wildman–Crippen MR) is 133 cm³/mol. The maximum Gasteiger partial charge on any atom is 0.295 e. The van der Waals surface area contributed by atoms with E-state index in [0.29, 0.717) is 24.1 Å². The SMILES string of the molecule is CCCCN(CCCC)CCCN1C(=O)C(=O)C(=C(O)c2ccccc2)[C@@H]1c1ccc(F)cc1. The van der Waals surface area contributed by atoms with Gasteiger partial charge in [0.05, 0.1) is 11.6 Å². The van der Waals surface area contributed by atoms with Gasteiger partial charge in [0.1, 0.15) is 11.6 Å². The van der Waals surface area contributed by atoms with E-state index < -0.39 is 23.5 Å². The number of carbonyl (C=O) groups excluding carboxylic acids is 2. The lowest BCUT2D eigenvalue weighted by Gasteiger charge is -2.27. The topological polar surface area (TPSA) is 60.9 Å². The Labute approximate surface area is 201 Å². The number of Topliss-reactive ketones (excluding diaryl/α,β-unsaturated/α-hetero) is 1. The fourth-order valence-electron chi connectivity index (χ4n) is 4.42. The van der Waals surface area contributed by atoms with Gasteiger partial charge >= 0.3 is 0 Å². The van der Waals surface area contributed by atoms with Crippen molar-refractivity contribution in [3.63, 3.8) is 0 Å². The van der Waals surface area contributed by atoms with Crippen molar-refractivity contribution >= 4 is 17.4 Å². The fraction of sp³-hybridized carbons (Fsp3) is 0.429. The lowest BCUT2D eigenvalue weighted by Crippen LogP contribution is -2.34. The number of hydrogen-bond donors (Lipinski definition) is 1. The van der Waals surface area contributed by atoms with Gasteiger partial charge in [0.25, 0.3) is 11.7 Å². The zero-order valence-electron chi connectivity index (χ0n) is 20.2. The van der Waals surface area contributed by atoms with Crippen LogP contribution in [0.1, 0.15) is 63.1 Å². The van der Waals surface area contributed by atoms with Gasteiger partial charge in [-0.2, -0.15) is 0 Å². The number of halogens is 1. The van der Waals surface area contributed by atoms with Crippen molar-refractivity contribution in [1.82, 2.24) is 9.80 Å². The molecule has 0 bridgehead atoms. The third-order valence-electron chi connectivity index (χ3n) is 6.30. The third kappa shape index (κ3) is 6.11. The van der Waals surface area contributed by atoms with Crippen LogP contribution in [0.4, 0.5) is 4.39 Å². The van der Waals surface area contributed by atoms with Crippen molar-refractivity contribution in [1.29, 1.82) is 0 Å². The number of ketones is 1. The van der Waals surface area contributed by atoms with Crippen LogP contribution in [-0.2, 0) is 9.59 Å². The second-order valence-electron chi connectivity index (χ2n) is 8.81. The van der Waals surface area contributed by atoms with E-state index in [1.54, 1.807) is 36.4 Å². The molecule has 182 valence electrons. The van der Waals surface area contributed by atoms with E-state index >= 15 is 0 Å². The summed E-state index contributed by atoms with van der Waals surface area (Å²) in [7, 11) is 0. The molecule has 6 heteroatoms. The van der Waals surface area contributed by atoms with Gasteiger partial charge < -0.3 is 14.9 Å². The Balaban J connectivity index is 1.88. The van der Waals surface area contributed by atoms with Gasteiger partial charge in [-0.15, -0.1) is 0 Å². The van der Waals surface area contributed by atoms with Crippen LogP contribution in [0, 0.1) is 5.82 Å². The molecule has 0 saturated carbocycles. The van der Waals surface area contributed by atoms with E-state index in [1.807, 2.05) is 6.07 Å². The summed E-state index contributed by atoms with van der Waals surface area (Å²) in [5.41, 5.74) is 1.13. The lowest BCUT2D eigenvalue weighted by atomic mass is 9.95. The Morgan fingerprint density at radius 1 is 0.912 bits per heavy atom. The highest BCUT2D eigenvalue weighted by Crippen LogP contribution is 2.39. The van der Waals surface area contributed by atoms with Crippen LogP contribution in [0.15, 0.2) is 60.2 Å². The van der Waals surface area contributed by atoms with Gasteiger partial charge in [0, 0.05) is 12.1 Å². The van der Waals surface area contributed by atoms with Crippen LogP contribution in [0.25, 0.3) is 5.76 Å². The standard InChI is InChI=1S/C28H35FN2O3/c1-3-5-17-30(18-6-4-2)19-10-20-31-25(21-13-15-23(29)16-14-21)24(27(33)28(31)34)26(32)22-11-8-7-9-12-22/h7-9,11-16,25,32H,3-6,10,17-20H2,1-2H3/t25-/m0/s1. The van der Waals surface area contributed by atoms with Crippen molar-refractivity contribution in [2.24, 2.45) is 0 Å². The van der Waals surface area contributed by atoms with Gasteiger partial charge in [-0.25, -0.2) is 4.39 Å². The minimum Gasteiger partial charge on any atom is -0.507 e. The van der Waals surface area contributed by atoms with Crippen molar-refractivity contribution in [3.05, 3.63) is 77.1 Å². The third-order valence-corrected chi connectivity index (χ3v) is 6.30. The Kier molecular flexibility index (Phi) is 9.40. The molecule has 1 amide bonds. The van der Waals surface area contributed by atoms with Crippen LogP contribution >= 0.6 is 0 Å². The second kappa shape index (κ2) is 12.5. The normalized spacial score (nSPS) is 17.6. The number of hydrogen-bond acceptors (Lipinski definition) is 4. The summed E-state index contributed by atoms with van der Waals surface area (Å²) in [4.78, 5) is 30.1. The molecule has 3 rings (SSSR count). The van der Waals surface area contributed by atoms with Gasteiger partial charge in [-0.3, -0.25) is 9.59 Å². The quantitative estimate of drug-likeness (QED) is 0.253. The van der Waals surface area contributed by atoms with E-state index in [-0.39, 0.29) is 11.3 Å². The van der Waals surface area contributed by atoms with E-state index in [4.69, 9.17) is 0 Å². The number of benzene rings is 2. The fourth-order valence-corrected chi connectivity index (χ4v) is 4.42. The highest BCUT2D eigenvalue weighted by atomic mass is 19.1. The van der Waals surface area contributed by atoms with Gasteiger partial charge in [0.15, 0.2) is 0 Å². The Morgan fingerprint density at radius 3 is 2.09 bits per heavy atom. The van der Waals surface area contributed by atoms with Gasteiger partial charge in [-0.05, 0) is 56.6 Å². The average Bonchev–Trinajstić information content (AvgIpc) is 3.11. The first-order valence-corrected chi connectivity index (χ1v) is 12.3. The van der Waals surface area contributed by atoms with Gasteiger partial charge in [0.2, 0.25) is 0 Å². The number of aliphatic hydroxyl groups is 1. The summed E-state index contributed by atoms with van der Waals surface area (Å²) in [6.45, 7) is 7.60. The molecule has 0 unspecified atom stereocenters. The zero-order valence-corrected chi connectivity index (χ0v) is 20.2. The maximum atomic E-state index is 13.6. The first-order valence-electron chi connectivity index (χ1n) is 12.3. The van der Waals surface area contributed by atoms with E-state index in [2.05, 4.69) is 18.7 Å². The number of carbonyl (C=O) groups is 2. The predicted octanol–water partition coefficient (Wildman–Crippen LogP) is 5.54. The molecule has 1 heterocycles. The highest BCUT2D eigenvalue weighted by molar-refractivity contribution is 6.46. The molecule has 1 aliphatic heterocycles. The molecule has 5 nitrogen and oxygen atoms in total. The molecule has 0 aromatic heterocycles. The molecule has 2 aromatic carbocycles. The molecule has 2 aromatic rings. The van der Waals surface area contributed by atoms with Crippen molar-refractivity contribution in [2.75, 3.05) is 26.2 Å². The summed E-state index contributed by atoms with van der Waals surface area (Å²) in [5, 5.41) is 11.0. The van der Waals surface area contributed by atoms with Crippen LogP contribution in [0.5, 0.6) is 0 Å². The lowest BCUT2D eigenvalue weighted by molar-refractivity contribution is -0.140. The smallest absolute Gasteiger partial charge is 0.295 e. The Bertz CT molecular complexity index is 980. The first-order chi connectivity index (χ1) is 16.5. The van der Waals surface area contributed by atoms with Crippen molar-refractivity contribution in [3.8, 4) is 0 Å². The minimum atomic E-state index is -0.750. The zero-order chi connectivity index (χ0) is 24.5. The van der Waals surface area contributed by atoms with Crippen molar-refractivity contribution in [2.45, 2.75) is 52.0 Å². The maximum absolute atomic E-state index is 13.6. The van der Waals surface area contributed by atoms with Crippen molar-refractivity contribution < 1.29 is 19.1 Å². The molecule has 34 heavy (non-hydrogen) atoms. The number of rotatable bonds is 12. The Hall–Kier alpha value is -2.99. The number of nitrogens with zero attached hydrogens (tertiary/aromatic N) is 2. The summed E-state index contributed by atoms with van der Waals surface area (Å²) >= 11 is 0.